The summed E-state index contributed by atoms with van der Waals surface area (Å²) in [6.45, 7) is 4.60. The van der Waals surface area contributed by atoms with E-state index in [2.05, 4.69) is 18.3 Å². The Bertz CT molecular complexity index is 854. The van der Waals surface area contributed by atoms with E-state index in [9.17, 15) is 10.1 Å². The molecule has 0 bridgehead atoms. The van der Waals surface area contributed by atoms with E-state index in [0.29, 0.717) is 39.4 Å². The van der Waals surface area contributed by atoms with Gasteiger partial charge in [0.2, 0.25) is 0 Å². The summed E-state index contributed by atoms with van der Waals surface area (Å²) in [7, 11) is 0. The second kappa shape index (κ2) is 7.47. The molecule has 1 heterocycles. The van der Waals surface area contributed by atoms with Crippen LogP contribution in [0.1, 0.15) is 46.6 Å². The lowest BCUT2D eigenvalue weighted by atomic mass is 9.88. The number of carbonyl (C=O) groups excluding carboxylic acids is 1. The van der Waals surface area contributed by atoms with Gasteiger partial charge in [-0.3, -0.25) is 4.79 Å². The third-order valence-electron chi connectivity index (χ3n) is 4.34. The van der Waals surface area contributed by atoms with Crippen LogP contribution in [0.15, 0.2) is 18.2 Å². The fourth-order valence-electron chi connectivity index (χ4n) is 3.05. The van der Waals surface area contributed by atoms with Gasteiger partial charge < -0.3 is 10.1 Å². The van der Waals surface area contributed by atoms with E-state index < -0.39 is 0 Å². The molecule has 0 radical (unpaired) electrons. The van der Waals surface area contributed by atoms with Crippen LogP contribution in [0.5, 0.6) is 5.75 Å². The summed E-state index contributed by atoms with van der Waals surface area (Å²) in [6, 6.07) is 7.21. The minimum Gasteiger partial charge on any atom is -0.492 e. The predicted octanol–water partition coefficient (Wildman–Crippen LogP) is 5.05. The molecule has 3 rings (SSSR count). The first kappa shape index (κ1) is 17.8. The number of thiophene rings is 1. The van der Waals surface area contributed by atoms with E-state index >= 15 is 0 Å². The summed E-state index contributed by atoms with van der Waals surface area (Å²) in [5.41, 5.74) is 2.15. The third kappa shape index (κ3) is 3.65. The van der Waals surface area contributed by atoms with Gasteiger partial charge in [0.05, 0.1) is 17.2 Å². The van der Waals surface area contributed by atoms with Crippen molar-refractivity contribution in [1.29, 1.82) is 5.26 Å². The van der Waals surface area contributed by atoms with Gasteiger partial charge in [0.25, 0.3) is 5.91 Å². The number of amides is 1. The van der Waals surface area contributed by atoms with E-state index in [0.717, 1.165) is 24.8 Å². The van der Waals surface area contributed by atoms with Crippen molar-refractivity contribution in [3.8, 4) is 11.8 Å². The highest BCUT2D eigenvalue weighted by Gasteiger charge is 2.25. The smallest absolute Gasteiger partial charge is 0.256 e. The molecule has 1 aliphatic carbocycles. The molecule has 1 atom stereocenters. The number of fused-ring (bicyclic) bond motifs is 1. The lowest BCUT2D eigenvalue weighted by Gasteiger charge is -2.17. The number of halogens is 1. The van der Waals surface area contributed by atoms with Crippen molar-refractivity contribution in [2.75, 3.05) is 11.9 Å². The summed E-state index contributed by atoms with van der Waals surface area (Å²) in [5, 5.41) is 13.4. The molecule has 0 spiro atoms. The maximum atomic E-state index is 12.6. The monoisotopic (exact) mass is 374 g/mol. The SMILES string of the molecule is CCOc1ccc(C(=O)Nc2sc3c(c2C#N)CC[C@@H](C)C3)cc1Cl. The molecular weight excluding hydrogens is 356 g/mol. The first-order chi connectivity index (χ1) is 12.0. The topological polar surface area (TPSA) is 62.1 Å². The summed E-state index contributed by atoms with van der Waals surface area (Å²) in [5.74, 6) is 0.901. The number of benzene rings is 1. The Kier molecular flexibility index (Phi) is 5.31. The number of carbonyl (C=O) groups is 1. The first-order valence-corrected chi connectivity index (χ1v) is 9.51. The molecular formula is C19H19ClN2O2S. The van der Waals surface area contributed by atoms with Crippen molar-refractivity contribution in [3.05, 3.63) is 44.8 Å². The average molecular weight is 375 g/mol. The van der Waals surface area contributed by atoms with Gasteiger partial charge in [-0.25, -0.2) is 0 Å². The van der Waals surface area contributed by atoms with Crippen molar-refractivity contribution in [2.24, 2.45) is 5.92 Å². The van der Waals surface area contributed by atoms with Gasteiger partial charge in [-0.1, -0.05) is 18.5 Å². The van der Waals surface area contributed by atoms with Crippen LogP contribution in [0, 0.1) is 17.2 Å². The highest BCUT2D eigenvalue weighted by atomic mass is 35.5. The van der Waals surface area contributed by atoms with Gasteiger partial charge in [0.1, 0.15) is 16.8 Å². The van der Waals surface area contributed by atoms with Gasteiger partial charge in [0, 0.05) is 10.4 Å². The standard InChI is InChI=1S/C19H19ClN2O2S/c1-3-24-16-7-5-12(9-15(16)20)18(23)22-19-14(10-21)13-6-4-11(2)8-17(13)25-19/h5,7,9,11H,3-4,6,8H2,1-2H3,(H,22,23)/t11-/m1/s1. The molecule has 1 aromatic heterocycles. The number of nitrogens with one attached hydrogen (secondary N) is 1. The normalized spacial score (nSPS) is 16.0. The molecule has 0 saturated carbocycles. The molecule has 1 aliphatic rings. The van der Waals surface area contributed by atoms with Crippen LogP contribution in [-0.4, -0.2) is 12.5 Å². The van der Waals surface area contributed by atoms with Crippen LogP contribution >= 0.6 is 22.9 Å². The van der Waals surface area contributed by atoms with Gasteiger partial charge >= 0.3 is 0 Å². The molecule has 0 saturated heterocycles. The summed E-state index contributed by atoms with van der Waals surface area (Å²) < 4.78 is 5.39. The van der Waals surface area contributed by atoms with Crippen LogP contribution in [0.2, 0.25) is 5.02 Å². The Balaban J connectivity index is 1.84. The number of nitrogens with zero attached hydrogens (tertiary/aromatic N) is 1. The Labute approximate surface area is 156 Å². The van der Waals surface area contributed by atoms with E-state index in [4.69, 9.17) is 16.3 Å². The van der Waals surface area contributed by atoms with Gasteiger partial charge in [-0.2, -0.15) is 5.26 Å². The third-order valence-corrected chi connectivity index (χ3v) is 5.81. The molecule has 1 aromatic carbocycles. The zero-order valence-corrected chi connectivity index (χ0v) is 15.8. The maximum Gasteiger partial charge on any atom is 0.256 e. The molecule has 0 fully saturated rings. The number of rotatable bonds is 4. The maximum absolute atomic E-state index is 12.6. The van der Waals surface area contributed by atoms with Crippen molar-refractivity contribution in [2.45, 2.75) is 33.1 Å². The highest BCUT2D eigenvalue weighted by Crippen LogP contribution is 2.39. The number of hydrogen-bond donors (Lipinski definition) is 1. The summed E-state index contributed by atoms with van der Waals surface area (Å²) in [4.78, 5) is 13.8. The zero-order valence-electron chi connectivity index (χ0n) is 14.2. The molecule has 6 heteroatoms. The molecule has 1 amide bonds. The number of anilines is 1. The van der Waals surface area contributed by atoms with E-state index in [1.807, 2.05) is 6.92 Å². The number of hydrogen-bond acceptors (Lipinski definition) is 4. The average Bonchev–Trinajstić information content (AvgIpc) is 2.92. The molecule has 0 aliphatic heterocycles. The second-order valence-electron chi connectivity index (χ2n) is 6.20. The van der Waals surface area contributed by atoms with Crippen LogP contribution in [-0.2, 0) is 12.8 Å². The summed E-state index contributed by atoms with van der Waals surface area (Å²) >= 11 is 7.67. The van der Waals surface area contributed by atoms with Crippen molar-refractivity contribution >= 4 is 33.8 Å². The largest absolute Gasteiger partial charge is 0.492 e. The first-order valence-electron chi connectivity index (χ1n) is 8.31. The zero-order chi connectivity index (χ0) is 18.0. The van der Waals surface area contributed by atoms with Crippen molar-refractivity contribution < 1.29 is 9.53 Å². The molecule has 1 N–H and O–H groups in total. The van der Waals surface area contributed by atoms with Crippen molar-refractivity contribution in [1.82, 2.24) is 0 Å². The van der Waals surface area contributed by atoms with Crippen LogP contribution in [0.3, 0.4) is 0 Å². The Morgan fingerprint density at radius 1 is 1.52 bits per heavy atom. The Morgan fingerprint density at radius 3 is 3.00 bits per heavy atom. The molecule has 0 unspecified atom stereocenters. The minimum absolute atomic E-state index is 0.270. The lowest BCUT2D eigenvalue weighted by Crippen LogP contribution is -2.12. The Hall–Kier alpha value is -2.03. The van der Waals surface area contributed by atoms with Crippen LogP contribution < -0.4 is 10.1 Å². The minimum atomic E-state index is -0.270. The summed E-state index contributed by atoms with van der Waals surface area (Å²) in [6.07, 6.45) is 2.96. The van der Waals surface area contributed by atoms with Crippen molar-refractivity contribution in [3.63, 3.8) is 0 Å². The highest BCUT2D eigenvalue weighted by molar-refractivity contribution is 7.16. The molecule has 4 nitrogen and oxygen atoms in total. The molecule has 2 aromatic rings. The van der Waals surface area contributed by atoms with E-state index in [1.54, 1.807) is 18.2 Å². The quantitative estimate of drug-likeness (QED) is 0.814. The Morgan fingerprint density at radius 2 is 2.32 bits per heavy atom. The fraction of sp³-hybridized carbons (Fsp3) is 0.368. The van der Waals surface area contributed by atoms with E-state index in [1.165, 1.54) is 16.2 Å². The second-order valence-corrected chi connectivity index (χ2v) is 7.71. The molecule has 25 heavy (non-hydrogen) atoms. The van der Waals surface area contributed by atoms with Gasteiger partial charge in [-0.05, 0) is 55.9 Å². The van der Waals surface area contributed by atoms with Gasteiger partial charge in [-0.15, -0.1) is 11.3 Å². The van der Waals surface area contributed by atoms with E-state index in [-0.39, 0.29) is 5.91 Å². The number of ether oxygens (including phenoxy) is 1. The van der Waals surface area contributed by atoms with Crippen LogP contribution in [0.25, 0.3) is 0 Å². The predicted molar refractivity (Wildman–Crippen MR) is 101 cm³/mol. The van der Waals surface area contributed by atoms with Crippen LogP contribution in [0.4, 0.5) is 5.00 Å². The number of nitriles is 1. The fourth-order valence-corrected chi connectivity index (χ4v) is 4.64. The lowest BCUT2D eigenvalue weighted by molar-refractivity contribution is 0.102. The van der Waals surface area contributed by atoms with Gasteiger partial charge in [0.15, 0.2) is 0 Å². The molecule has 130 valence electrons.